The van der Waals surface area contributed by atoms with Crippen LogP contribution in [0.25, 0.3) is 71.8 Å². The Hall–Kier alpha value is -7.04. The van der Waals surface area contributed by atoms with Gasteiger partial charge in [0.25, 0.3) is 0 Å². The molecule has 0 amide bonds. The number of hydrogen-bond donors (Lipinski definition) is 0. The summed E-state index contributed by atoms with van der Waals surface area (Å²) < 4.78 is 2.29. The maximum Gasteiger partial charge on any atom is 0.146 e. The first-order valence-electron chi connectivity index (χ1n) is 17.6. The lowest BCUT2D eigenvalue weighted by Gasteiger charge is -2.25. The van der Waals surface area contributed by atoms with E-state index in [-0.39, 0.29) is 0 Å². The molecule has 10 rings (SSSR count). The van der Waals surface area contributed by atoms with Gasteiger partial charge in [-0.15, -0.1) is 0 Å². The van der Waals surface area contributed by atoms with Crippen molar-refractivity contribution >= 4 is 60.5 Å². The minimum Gasteiger partial charge on any atom is -0.311 e. The molecule has 0 spiro atoms. The lowest BCUT2D eigenvalue weighted by Crippen LogP contribution is -2.09. The second kappa shape index (κ2) is 12.4. The van der Waals surface area contributed by atoms with Crippen LogP contribution in [0, 0.1) is 0 Å². The molecule has 0 radical (unpaired) electrons. The number of aromatic nitrogens is 3. The van der Waals surface area contributed by atoms with Gasteiger partial charge in [-0.1, -0.05) is 127 Å². The molecule has 0 saturated heterocycles. The van der Waals surface area contributed by atoms with E-state index in [1.807, 2.05) is 0 Å². The van der Waals surface area contributed by atoms with Gasteiger partial charge in [-0.25, -0.2) is 9.97 Å². The van der Waals surface area contributed by atoms with Crippen LogP contribution in [0.2, 0.25) is 0 Å². The van der Waals surface area contributed by atoms with Crippen molar-refractivity contribution in [1.29, 1.82) is 0 Å². The first-order valence-corrected chi connectivity index (χ1v) is 17.6. The van der Waals surface area contributed by atoms with Crippen molar-refractivity contribution in [1.82, 2.24) is 14.5 Å². The SMILES string of the molecule is c1ccc(N(c2ccccc2)c2ccc(-c3nc4ccccc4c4c3ccc3cccc(-c5nc6ccccc6n5-c5ccccc5)c34)cc2)cc1. The standard InChI is InChI=1S/C48H32N4/c1-4-16-35(17-5-1)51(36-18-6-2-7-19-36)38-30-27-34(28-31-38)47-40-32-29-33-15-14-23-41(45(33)46(40)39-22-10-11-24-42(39)49-47)48-50-43-25-12-13-26-44(43)52(48)37-20-8-3-9-21-37/h1-32H. The average Bonchev–Trinajstić information content (AvgIpc) is 3.61. The summed E-state index contributed by atoms with van der Waals surface area (Å²) in [6.45, 7) is 0. The predicted molar refractivity (Wildman–Crippen MR) is 217 cm³/mol. The van der Waals surface area contributed by atoms with Gasteiger partial charge in [-0.05, 0) is 72.1 Å². The lowest BCUT2D eigenvalue weighted by molar-refractivity contribution is 1.11. The molecule has 0 bridgehead atoms. The zero-order chi connectivity index (χ0) is 34.4. The Bertz CT molecular complexity index is 2840. The molecule has 244 valence electrons. The molecule has 10 aromatic rings. The molecule has 0 N–H and O–H groups in total. The highest BCUT2D eigenvalue weighted by atomic mass is 15.1. The Kier molecular flexibility index (Phi) is 7.10. The predicted octanol–water partition coefficient (Wildman–Crippen LogP) is 12.7. The molecule has 0 aliphatic carbocycles. The Balaban J connectivity index is 1.21. The molecule has 4 nitrogen and oxygen atoms in total. The molecule has 2 heterocycles. The topological polar surface area (TPSA) is 34.0 Å². The fourth-order valence-electron chi connectivity index (χ4n) is 7.64. The van der Waals surface area contributed by atoms with Crippen molar-refractivity contribution < 1.29 is 0 Å². The molecule has 0 aliphatic rings. The van der Waals surface area contributed by atoms with Crippen LogP contribution in [-0.2, 0) is 0 Å². The summed E-state index contributed by atoms with van der Waals surface area (Å²) >= 11 is 0. The quantitative estimate of drug-likeness (QED) is 0.166. The van der Waals surface area contributed by atoms with E-state index in [9.17, 15) is 0 Å². The number of nitrogens with zero attached hydrogens (tertiary/aromatic N) is 4. The van der Waals surface area contributed by atoms with Crippen LogP contribution < -0.4 is 4.90 Å². The monoisotopic (exact) mass is 664 g/mol. The Labute approximate surface area is 301 Å². The van der Waals surface area contributed by atoms with Crippen molar-refractivity contribution in [3.8, 4) is 28.3 Å². The fourth-order valence-corrected chi connectivity index (χ4v) is 7.64. The summed E-state index contributed by atoms with van der Waals surface area (Å²) in [5.41, 5.74) is 10.5. The minimum absolute atomic E-state index is 0.916. The zero-order valence-electron chi connectivity index (χ0n) is 28.3. The van der Waals surface area contributed by atoms with Crippen molar-refractivity contribution in [2.24, 2.45) is 0 Å². The van der Waals surface area contributed by atoms with Crippen LogP contribution in [0.5, 0.6) is 0 Å². The summed E-state index contributed by atoms with van der Waals surface area (Å²) in [6.07, 6.45) is 0. The summed E-state index contributed by atoms with van der Waals surface area (Å²) in [4.78, 5) is 12.9. The van der Waals surface area contributed by atoms with Crippen LogP contribution in [0.1, 0.15) is 0 Å². The van der Waals surface area contributed by atoms with Gasteiger partial charge in [0.15, 0.2) is 0 Å². The Morgan fingerprint density at radius 2 is 1.02 bits per heavy atom. The normalized spacial score (nSPS) is 11.5. The molecule has 0 saturated carbocycles. The average molecular weight is 665 g/mol. The molecule has 0 aliphatic heterocycles. The summed E-state index contributed by atoms with van der Waals surface area (Å²) in [5.74, 6) is 0.916. The second-order valence-corrected chi connectivity index (χ2v) is 13.0. The van der Waals surface area contributed by atoms with E-state index in [1.54, 1.807) is 0 Å². The van der Waals surface area contributed by atoms with Gasteiger partial charge < -0.3 is 4.90 Å². The van der Waals surface area contributed by atoms with Crippen LogP contribution in [0.3, 0.4) is 0 Å². The first kappa shape index (κ1) is 29.8. The summed E-state index contributed by atoms with van der Waals surface area (Å²) in [7, 11) is 0. The second-order valence-electron chi connectivity index (χ2n) is 13.0. The molecule has 0 unspecified atom stereocenters. The molecular weight excluding hydrogens is 633 g/mol. The number of hydrogen-bond acceptors (Lipinski definition) is 3. The highest BCUT2D eigenvalue weighted by Gasteiger charge is 2.21. The van der Waals surface area contributed by atoms with Crippen molar-refractivity contribution in [3.05, 3.63) is 194 Å². The van der Waals surface area contributed by atoms with Gasteiger partial charge in [-0.3, -0.25) is 4.57 Å². The van der Waals surface area contributed by atoms with Crippen molar-refractivity contribution in [3.63, 3.8) is 0 Å². The van der Waals surface area contributed by atoms with E-state index in [2.05, 4.69) is 204 Å². The van der Waals surface area contributed by atoms with E-state index in [0.29, 0.717) is 0 Å². The van der Waals surface area contributed by atoms with E-state index in [4.69, 9.17) is 9.97 Å². The van der Waals surface area contributed by atoms with Crippen LogP contribution >= 0.6 is 0 Å². The van der Waals surface area contributed by atoms with Gasteiger partial charge in [-0.2, -0.15) is 0 Å². The summed E-state index contributed by atoms with van der Waals surface area (Å²) in [5, 5.41) is 5.74. The van der Waals surface area contributed by atoms with E-state index >= 15 is 0 Å². The minimum atomic E-state index is 0.916. The molecular formula is C48H32N4. The van der Waals surface area contributed by atoms with Crippen LogP contribution in [-0.4, -0.2) is 14.5 Å². The number of pyridine rings is 1. The maximum atomic E-state index is 5.34. The van der Waals surface area contributed by atoms with E-state index in [0.717, 1.165) is 78.1 Å². The third-order valence-corrected chi connectivity index (χ3v) is 9.95. The molecule has 0 fully saturated rings. The Morgan fingerprint density at radius 3 is 1.75 bits per heavy atom. The molecule has 8 aromatic carbocycles. The maximum absolute atomic E-state index is 5.34. The third kappa shape index (κ3) is 4.92. The highest BCUT2D eigenvalue weighted by molar-refractivity contribution is 6.25. The van der Waals surface area contributed by atoms with Gasteiger partial charge in [0.2, 0.25) is 0 Å². The number of benzene rings is 8. The van der Waals surface area contributed by atoms with Crippen LogP contribution in [0.4, 0.5) is 17.1 Å². The molecule has 52 heavy (non-hydrogen) atoms. The zero-order valence-corrected chi connectivity index (χ0v) is 28.3. The number of fused-ring (bicyclic) bond motifs is 6. The number of rotatable bonds is 6. The Morgan fingerprint density at radius 1 is 0.404 bits per heavy atom. The van der Waals surface area contributed by atoms with Gasteiger partial charge in [0.1, 0.15) is 5.82 Å². The van der Waals surface area contributed by atoms with Crippen LogP contribution in [0.15, 0.2) is 194 Å². The van der Waals surface area contributed by atoms with E-state index in [1.165, 1.54) is 10.8 Å². The fraction of sp³-hybridized carbons (Fsp3) is 0. The lowest BCUT2D eigenvalue weighted by atomic mass is 9.92. The van der Waals surface area contributed by atoms with E-state index < -0.39 is 0 Å². The molecule has 2 aromatic heterocycles. The third-order valence-electron chi connectivity index (χ3n) is 9.95. The van der Waals surface area contributed by atoms with Gasteiger partial charge >= 0.3 is 0 Å². The summed E-state index contributed by atoms with van der Waals surface area (Å²) in [6, 6.07) is 68.3. The van der Waals surface area contributed by atoms with Crippen molar-refractivity contribution in [2.45, 2.75) is 0 Å². The number of anilines is 3. The molecule has 0 atom stereocenters. The molecule has 4 heteroatoms. The number of imidazole rings is 1. The smallest absolute Gasteiger partial charge is 0.146 e. The highest BCUT2D eigenvalue weighted by Crippen LogP contribution is 2.43. The van der Waals surface area contributed by atoms with Gasteiger partial charge in [0.05, 0.1) is 22.2 Å². The van der Waals surface area contributed by atoms with Crippen molar-refractivity contribution in [2.75, 3.05) is 4.90 Å². The van der Waals surface area contributed by atoms with Gasteiger partial charge in [0, 0.05) is 55.4 Å². The number of para-hydroxylation sites is 6. The largest absolute Gasteiger partial charge is 0.311 e. The first-order chi connectivity index (χ1) is 25.8.